The Labute approximate surface area is 153 Å². The second kappa shape index (κ2) is 8.02. The first-order chi connectivity index (χ1) is 12.6. The van der Waals surface area contributed by atoms with Crippen LogP contribution in [0.2, 0.25) is 0 Å². The fourth-order valence-electron chi connectivity index (χ4n) is 3.02. The molecule has 3 rings (SSSR count). The van der Waals surface area contributed by atoms with Crippen LogP contribution in [0.3, 0.4) is 0 Å². The zero-order valence-corrected chi connectivity index (χ0v) is 14.9. The fraction of sp³-hybridized carbons (Fsp3) is 0.227. The van der Waals surface area contributed by atoms with Gasteiger partial charge < -0.3 is 14.6 Å². The lowest BCUT2D eigenvalue weighted by Gasteiger charge is -2.21. The van der Waals surface area contributed by atoms with Gasteiger partial charge in [0.25, 0.3) is 0 Å². The maximum absolute atomic E-state index is 12.8. The second-order valence-corrected chi connectivity index (χ2v) is 6.28. The highest BCUT2D eigenvalue weighted by Gasteiger charge is 2.26. The second-order valence-electron chi connectivity index (χ2n) is 6.28. The molecule has 1 N–H and O–H groups in total. The first-order valence-electron chi connectivity index (χ1n) is 8.51. The minimum Gasteiger partial charge on any atom is -0.497 e. The van der Waals surface area contributed by atoms with Gasteiger partial charge in [-0.25, -0.2) is 0 Å². The van der Waals surface area contributed by atoms with Gasteiger partial charge in [0.1, 0.15) is 11.5 Å². The van der Waals surface area contributed by atoms with Crippen LogP contribution < -0.4 is 9.47 Å². The third-order valence-electron chi connectivity index (χ3n) is 4.41. The summed E-state index contributed by atoms with van der Waals surface area (Å²) < 4.78 is 10.3. The van der Waals surface area contributed by atoms with Crippen LogP contribution in [0.5, 0.6) is 11.5 Å². The number of methoxy groups -OCH3 is 2. The van der Waals surface area contributed by atoms with Gasteiger partial charge in [0.05, 0.1) is 20.3 Å². The molecule has 4 nitrogen and oxygen atoms in total. The van der Waals surface area contributed by atoms with Crippen LogP contribution in [0.15, 0.2) is 59.7 Å². The predicted molar refractivity (Wildman–Crippen MR) is 102 cm³/mol. The number of carbonyl (C=O) groups excluding carboxylic acids is 1. The summed E-state index contributed by atoms with van der Waals surface area (Å²) in [5, 5.41) is 10.2. The Balaban J connectivity index is 1.86. The third-order valence-corrected chi connectivity index (χ3v) is 4.41. The number of ether oxygens (including phenoxy) is 2. The number of aliphatic hydroxyl groups excluding tert-OH is 1. The number of carbonyl (C=O) groups is 1. The fourth-order valence-corrected chi connectivity index (χ4v) is 3.02. The summed E-state index contributed by atoms with van der Waals surface area (Å²) in [6.45, 7) is 0. The van der Waals surface area contributed by atoms with Crippen molar-refractivity contribution in [3.63, 3.8) is 0 Å². The van der Waals surface area contributed by atoms with Crippen LogP contribution >= 0.6 is 0 Å². The topological polar surface area (TPSA) is 55.8 Å². The zero-order chi connectivity index (χ0) is 18.5. The summed E-state index contributed by atoms with van der Waals surface area (Å²) in [6, 6.07) is 15.0. The van der Waals surface area contributed by atoms with Crippen molar-refractivity contribution in [1.82, 2.24) is 0 Å². The molecule has 0 unspecified atom stereocenters. The van der Waals surface area contributed by atoms with Crippen molar-refractivity contribution < 1.29 is 19.4 Å². The number of Topliss-reactive ketones (excluding diaryl/α,β-unsaturated/α-hetero) is 1. The van der Waals surface area contributed by atoms with Crippen molar-refractivity contribution in [2.24, 2.45) is 0 Å². The molecular weight excluding hydrogens is 328 g/mol. The molecule has 0 radical (unpaired) electrons. The average Bonchev–Trinajstić information content (AvgIpc) is 2.66. The van der Waals surface area contributed by atoms with Crippen LogP contribution in [-0.4, -0.2) is 31.2 Å². The smallest absolute Gasteiger partial charge is 0.185 e. The molecule has 2 aromatic carbocycles. The quantitative estimate of drug-likeness (QED) is 0.850. The molecule has 2 aromatic rings. The Bertz CT molecular complexity index is 760. The van der Waals surface area contributed by atoms with Crippen molar-refractivity contribution >= 4 is 17.9 Å². The molecule has 4 heteroatoms. The van der Waals surface area contributed by atoms with E-state index in [0.29, 0.717) is 24.0 Å². The number of hydrogen-bond donors (Lipinski definition) is 1. The molecule has 0 bridgehead atoms. The van der Waals surface area contributed by atoms with Crippen molar-refractivity contribution in [2.45, 2.75) is 18.9 Å². The minimum absolute atomic E-state index is 0.0121. The Kier molecular flexibility index (Phi) is 5.54. The van der Waals surface area contributed by atoms with Crippen molar-refractivity contribution in [1.29, 1.82) is 0 Å². The monoisotopic (exact) mass is 350 g/mol. The number of aliphatic hydroxyl groups is 1. The van der Waals surface area contributed by atoms with E-state index < -0.39 is 6.10 Å². The van der Waals surface area contributed by atoms with Gasteiger partial charge in [-0.3, -0.25) is 4.79 Å². The molecule has 1 saturated carbocycles. The molecule has 0 spiro atoms. The van der Waals surface area contributed by atoms with Crippen molar-refractivity contribution in [2.75, 3.05) is 14.2 Å². The summed E-state index contributed by atoms with van der Waals surface area (Å²) in [6.07, 6.45) is 3.86. The molecule has 0 saturated heterocycles. The van der Waals surface area contributed by atoms with E-state index in [-0.39, 0.29) is 5.78 Å². The van der Waals surface area contributed by atoms with Gasteiger partial charge in [0.15, 0.2) is 5.78 Å². The van der Waals surface area contributed by atoms with E-state index in [2.05, 4.69) is 0 Å². The molecule has 26 heavy (non-hydrogen) atoms. The highest BCUT2D eigenvalue weighted by atomic mass is 16.5. The Morgan fingerprint density at radius 2 is 1.19 bits per heavy atom. The van der Waals surface area contributed by atoms with E-state index >= 15 is 0 Å². The highest BCUT2D eigenvalue weighted by Crippen LogP contribution is 2.29. The van der Waals surface area contributed by atoms with E-state index in [0.717, 1.165) is 22.6 Å². The van der Waals surface area contributed by atoms with Crippen molar-refractivity contribution in [3.05, 3.63) is 70.8 Å². The molecule has 1 aliphatic carbocycles. The molecule has 0 aliphatic heterocycles. The van der Waals surface area contributed by atoms with Gasteiger partial charge in [-0.2, -0.15) is 0 Å². The average molecular weight is 350 g/mol. The van der Waals surface area contributed by atoms with Crippen LogP contribution in [-0.2, 0) is 4.79 Å². The summed E-state index contributed by atoms with van der Waals surface area (Å²) >= 11 is 0. The lowest BCUT2D eigenvalue weighted by molar-refractivity contribution is -0.113. The van der Waals surface area contributed by atoms with Gasteiger partial charge in [-0.15, -0.1) is 0 Å². The lowest BCUT2D eigenvalue weighted by atomic mass is 9.85. The Morgan fingerprint density at radius 3 is 1.54 bits per heavy atom. The molecule has 0 aromatic heterocycles. The molecule has 1 aliphatic rings. The largest absolute Gasteiger partial charge is 0.497 e. The maximum Gasteiger partial charge on any atom is 0.185 e. The molecular formula is C22H22O4. The molecule has 0 heterocycles. The van der Waals surface area contributed by atoms with Gasteiger partial charge in [0, 0.05) is 24.0 Å². The molecule has 0 atom stereocenters. The van der Waals surface area contributed by atoms with Gasteiger partial charge >= 0.3 is 0 Å². The third kappa shape index (κ3) is 4.21. The van der Waals surface area contributed by atoms with Crippen LogP contribution in [0, 0.1) is 0 Å². The molecule has 1 fully saturated rings. The molecule has 0 amide bonds. The van der Waals surface area contributed by atoms with Crippen LogP contribution in [0.1, 0.15) is 24.0 Å². The van der Waals surface area contributed by atoms with Gasteiger partial charge in [-0.1, -0.05) is 24.3 Å². The van der Waals surface area contributed by atoms with Gasteiger partial charge in [0.2, 0.25) is 0 Å². The van der Waals surface area contributed by atoms with E-state index in [1.165, 1.54) is 0 Å². The summed E-state index contributed by atoms with van der Waals surface area (Å²) in [5.74, 6) is 1.52. The summed E-state index contributed by atoms with van der Waals surface area (Å²) in [7, 11) is 3.23. The predicted octanol–water partition coefficient (Wildman–Crippen LogP) is 3.89. The number of hydrogen-bond acceptors (Lipinski definition) is 4. The van der Waals surface area contributed by atoms with E-state index in [1.54, 1.807) is 14.2 Å². The minimum atomic E-state index is -0.554. The van der Waals surface area contributed by atoms with E-state index in [1.807, 2.05) is 60.7 Å². The SMILES string of the molecule is COc1ccc(/C=C2\CC(O)C/C(=C\c3ccc(OC)cc3)C2=O)cc1. The zero-order valence-electron chi connectivity index (χ0n) is 14.9. The Morgan fingerprint density at radius 1 is 0.808 bits per heavy atom. The standard InChI is InChI=1S/C22H22O4/c1-25-20-7-3-15(4-8-20)11-17-13-19(23)14-18(22(17)24)12-16-5-9-21(26-2)10-6-16/h3-12,19,23H,13-14H2,1-2H3/b17-11+,18-12+. The van der Waals surface area contributed by atoms with Crippen LogP contribution in [0.4, 0.5) is 0 Å². The van der Waals surface area contributed by atoms with E-state index in [9.17, 15) is 9.90 Å². The number of ketones is 1. The van der Waals surface area contributed by atoms with Crippen molar-refractivity contribution in [3.8, 4) is 11.5 Å². The first kappa shape index (κ1) is 18.0. The lowest BCUT2D eigenvalue weighted by Crippen LogP contribution is -2.23. The molecule has 134 valence electrons. The highest BCUT2D eigenvalue weighted by molar-refractivity contribution is 6.14. The number of benzene rings is 2. The summed E-state index contributed by atoms with van der Waals surface area (Å²) in [4.78, 5) is 12.8. The Hall–Kier alpha value is -2.85. The maximum atomic E-state index is 12.8. The normalized spacial score (nSPS) is 20.4. The van der Waals surface area contributed by atoms with E-state index in [4.69, 9.17) is 9.47 Å². The van der Waals surface area contributed by atoms with Gasteiger partial charge in [-0.05, 0) is 47.5 Å². The van der Waals surface area contributed by atoms with Crippen LogP contribution in [0.25, 0.3) is 12.2 Å². The summed E-state index contributed by atoms with van der Waals surface area (Å²) in [5.41, 5.74) is 3.06. The first-order valence-corrected chi connectivity index (χ1v) is 8.51. The number of rotatable bonds is 4.